The number of benzene rings is 1. The Bertz CT molecular complexity index is 680. The first-order valence-electron chi connectivity index (χ1n) is 8.03. The van der Waals surface area contributed by atoms with Crippen molar-refractivity contribution < 1.29 is 9.59 Å². The van der Waals surface area contributed by atoms with Crippen molar-refractivity contribution in [2.24, 2.45) is 16.9 Å². The molecule has 0 aromatic heterocycles. The van der Waals surface area contributed by atoms with Crippen molar-refractivity contribution in [3.63, 3.8) is 0 Å². The largest absolute Gasteiger partial charge is 0.326 e. The number of fused-ring (bicyclic) bond motifs is 2. The van der Waals surface area contributed by atoms with Crippen LogP contribution in [0, 0.1) is 11.8 Å². The highest BCUT2D eigenvalue weighted by atomic mass is 16.2. The van der Waals surface area contributed by atoms with Gasteiger partial charge in [0.25, 0.3) is 0 Å². The van der Waals surface area contributed by atoms with Gasteiger partial charge in [-0.05, 0) is 48.9 Å². The number of carbonyl (C=O) groups excluding carboxylic acids is 2. The van der Waals surface area contributed by atoms with Crippen LogP contribution < -0.4 is 10.7 Å². The fourth-order valence-corrected chi connectivity index (χ4v) is 3.89. The lowest BCUT2D eigenvalue weighted by Crippen LogP contribution is -2.39. The summed E-state index contributed by atoms with van der Waals surface area (Å²) in [5.74, 6) is 0.469. The van der Waals surface area contributed by atoms with E-state index < -0.39 is 0 Å². The van der Waals surface area contributed by atoms with Crippen molar-refractivity contribution in [2.75, 3.05) is 5.32 Å². The maximum absolute atomic E-state index is 11.9. The molecular weight excluding hydrogens is 278 g/mol. The van der Waals surface area contributed by atoms with Crippen LogP contribution >= 0.6 is 0 Å². The quantitative estimate of drug-likeness (QED) is 0.834. The number of anilines is 1. The third-order valence-electron chi connectivity index (χ3n) is 5.02. The summed E-state index contributed by atoms with van der Waals surface area (Å²) in [6, 6.07) is 6.11. The SMILES string of the molecule is O=C1CCCc2cc(C3=NNC(=O)C4CCCC34)ccc2N1. The van der Waals surface area contributed by atoms with Gasteiger partial charge in [0.1, 0.15) is 0 Å². The number of amides is 2. The zero-order chi connectivity index (χ0) is 15.1. The lowest BCUT2D eigenvalue weighted by Gasteiger charge is -2.25. The molecule has 2 amide bonds. The molecule has 1 aliphatic carbocycles. The molecule has 2 aliphatic heterocycles. The van der Waals surface area contributed by atoms with Gasteiger partial charge in [-0.3, -0.25) is 9.59 Å². The molecule has 0 saturated heterocycles. The fraction of sp³-hybridized carbons (Fsp3) is 0.471. The Balaban J connectivity index is 1.70. The predicted octanol–water partition coefficient (Wildman–Crippen LogP) is 2.21. The lowest BCUT2D eigenvalue weighted by molar-refractivity contribution is -0.126. The maximum Gasteiger partial charge on any atom is 0.243 e. The van der Waals surface area contributed by atoms with Crippen LogP contribution in [0.3, 0.4) is 0 Å². The minimum absolute atomic E-state index is 0.0632. The van der Waals surface area contributed by atoms with Crippen molar-refractivity contribution in [1.29, 1.82) is 0 Å². The Kier molecular flexibility index (Phi) is 3.21. The summed E-state index contributed by atoms with van der Waals surface area (Å²) >= 11 is 0. The Morgan fingerprint density at radius 1 is 1.05 bits per heavy atom. The monoisotopic (exact) mass is 297 g/mol. The number of hydrogen-bond acceptors (Lipinski definition) is 3. The highest BCUT2D eigenvalue weighted by Gasteiger charge is 2.39. The van der Waals surface area contributed by atoms with Gasteiger partial charge < -0.3 is 5.32 Å². The van der Waals surface area contributed by atoms with E-state index in [1.165, 1.54) is 0 Å². The summed E-state index contributed by atoms with van der Waals surface area (Å²) in [7, 11) is 0. The third kappa shape index (κ3) is 2.21. The third-order valence-corrected chi connectivity index (χ3v) is 5.02. The van der Waals surface area contributed by atoms with Gasteiger partial charge in [0.15, 0.2) is 0 Å². The first-order chi connectivity index (χ1) is 10.7. The van der Waals surface area contributed by atoms with Gasteiger partial charge in [0, 0.05) is 23.9 Å². The summed E-state index contributed by atoms with van der Waals surface area (Å²) in [5, 5.41) is 7.30. The molecule has 3 aliphatic rings. The van der Waals surface area contributed by atoms with Crippen LogP contribution in [0.4, 0.5) is 5.69 Å². The molecular formula is C17H19N3O2. The molecule has 5 nitrogen and oxygen atoms in total. The molecule has 2 N–H and O–H groups in total. The molecule has 0 spiro atoms. The molecule has 1 fully saturated rings. The molecule has 1 aromatic carbocycles. The van der Waals surface area contributed by atoms with Gasteiger partial charge in [-0.25, -0.2) is 5.43 Å². The molecule has 4 rings (SSSR count). The molecule has 0 radical (unpaired) electrons. The highest BCUT2D eigenvalue weighted by Crippen LogP contribution is 2.37. The molecule has 1 saturated carbocycles. The Hall–Kier alpha value is -2.17. The molecule has 0 bridgehead atoms. The standard InChI is InChI=1S/C17H19N3O2/c21-15-6-1-3-10-9-11(7-8-14(10)18-15)16-12-4-2-5-13(12)17(22)20-19-16/h7-9,12-13H,1-6H2,(H,18,21)(H,20,22). The number of nitrogens with zero attached hydrogens (tertiary/aromatic N) is 1. The Morgan fingerprint density at radius 2 is 1.91 bits per heavy atom. The average molecular weight is 297 g/mol. The Labute approximate surface area is 129 Å². The van der Waals surface area contributed by atoms with Gasteiger partial charge >= 0.3 is 0 Å². The smallest absolute Gasteiger partial charge is 0.243 e. The molecule has 114 valence electrons. The second-order valence-corrected chi connectivity index (χ2v) is 6.39. The van der Waals surface area contributed by atoms with E-state index in [0.29, 0.717) is 6.42 Å². The number of hydrogen-bond donors (Lipinski definition) is 2. The van der Waals surface area contributed by atoms with Gasteiger partial charge in [-0.15, -0.1) is 0 Å². The Morgan fingerprint density at radius 3 is 2.82 bits per heavy atom. The molecule has 2 atom stereocenters. The average Bonchev–Trinajstić information content (AvgIpc) is 2.92. The van der Waals surface area contributed by atoms with Crippen LogP contribution in [0.1, 0.15) is 43.2 Å². The number of aryl methyl sites for hydroxylation is 1. The second-order valence-electron chi connectivity index (χ2n) is 6.39. The van der Waals surface area contributed by atoms with E-state index in [1.54, 1.807) is 0 Å². The van der Waals surface area contributed by atoms with E-state index in [9.17, 15) is 9.59 Å². The van der Waals surface area contributed by atoms with Crippen LogP contribution in [0.15, 0.2) is 23.3 Å². The number of hydrazone groups is 1. The number of carbonyl (C=O) groups is 2. The summed E-state index contributed by atoms with van der Waals surface area (Å²) in [4.78, 5) is 23.5. The van der Waals surface area contributed by atoms with E-state index >= 15 is 0 Å². The number of rotatable bonds is 1. The second kappa shape index (κ2) is 5.23. The topological polar surface area (TPSA) is 70.6 Å². The zero-order valence-corrected chi connectivity index (χ0v) is 12.4. The predicted molar refractivity (Wildman–Crippen MR) is 83.5 cm³/mol. The summed E-state index contributed by atoms with van der Waals surface area (Å²) in [6.45, 7) is 0. The van der Waals surface area contributed by atoms with E-state index in [0.717, 1.165) is 54.6 Å². The maximum atomic E-state index is 11.9. The molecule has 22 heavy (non-hydrogen) atoms. The molecule has 2 unspecified atom stereocenters. The van der Waals surface area contributed by atoms with Gasteiger partial charge in [0.2, 0.25) is 11.8 Å². The fourth-order valence-electron chi connectivity index (χ4n) is 3.89. The minimum atomic E-state index is 0.0632. The van der Waals surface area contributed by atoms with E-state index in [1.807, 2.05) is 12.1 Å². The lowest BCUT2D eigenvalue weighted by atomic mass is 9.85. The molecule has 1 aromatic rings. The molecule has 5 heteroatoms. The first-order valence-corrected chi connectivity index (χ1v) is 8.03. The summed E-state index contributed by atoms with van der Waals surface area (Å²) in [5.41, 5.74) is 6.83. The van der Waals surface area contributed by atoms with E-state index in [2.05, 4.69) is 21.9 Å². The van der Waals surface area contributed by atoms with Crippen LogP contribution in [-0.4, -0.2) is 17.5 Å². The van der Waals surface area contributed by atoms with Crippen molar-refractivity contribution in [3.05, 3.63) is 29.3 Å². The van der Waals surface area contributed by atoms with E-state index in [4.69, 9.17) is 0 Å². The van der Waals surface area contributed by atoms with Crippen LogP contribution in [0.25, 0.3) is 0 Å². The first kappa shape index (κ1) is 13.5. The van der Waals surface area contributed by atoms with Crippen LogP contribution in [0.5, 0.6) is 0 Å². The normalized spacial score (nSPS) is 27.2. The van der Waals surface area contributed by atoms with Crippen molar-refractivity contribution >= 4 is 23.2 Å². The van der Waals surface area contributed by atoms with Crippen molar-refractivity contribution in [2.45, 2.75) is 38.5 Å². The van der Waals surface area contributed by atoms with Gasteiger partial charge in [-0.1, -0.05) is 12.5 Å². The summed E-state index contributed by atoms with van der Waals surface area (Å²) < 4.78 is 0. The van der Waals surface area contributed by atoms with Crippen LogP contribution in [0.2, 0.25) is 0 Å². The zero-order valence-electron chi connectivity index (χ0n) is 12.4. The number of nitrogens with one attached hydrogen (secondary N) is 2. The minimum Gasteiger partial charge on any atom is -0.326 e. The molecule has 2 heterocycles. The van der Waals surface area contributed by atoms with E-state index in [-0.39, 0.29) is 23.7 Å². The van der Waals surface area contributed by atoms with Gasteiger partial charge in [-0.2, -0.15) is 5.10 Å². The van der Waals surface area contributed by atoms with Crippen molar-refractivity contribution in [3.8, 4) is 0 Å². The van der Waals surface area contributed by atoms with Crippen molar-refractivity contribution in [1.82, 2.24) is 5.43 Å². The van der Waals surface area contributed by atoms with Crippen LogP contribution in [-0.2, 0) is 16.0 Å². The highest BCUT2D eigenvalue weighted by molar-refractivity contribution is 6.07. The van der Waals surface area contributed by atoms with Gasteiger partial charge in [0.05, 0.1) is 5.71 Å². The summed E-state index contributed by atoms with van der Waals surface area (Å²) in [6.07, 6.45) is 5.42.